The number of benzene rings is 1. The van der Waals surface area contributed by atoms with Crippen LogP contribution in [0.5, 0.6) is 0 Å². The smallest absolute Gasteiger partial charge is 0.113 e. The molecule has 1 saturated heterocycles. The Kier molecular flexibility index (Phi) is 2.02. The first kappa shape index (κ1) is 11.4. The van der Waals surface area contributed by atoms with Gasteiger partial charge in [-0.1, -0.05) is 26.0 Å². The van der Waals surface area contributed by atoms with Crippen molar-refractivity contribution in [3.05, 3.63) is 23.3 Å². The standard InChI is InChI=1S/C15H20N4/c1-14(2)13-7-9-6-11-12(18-19-17-11)8-10(9)15(14,3)4-5-16-13/h6,8,13,16H,4-5,7H2,1-3H3,(H,17,18,19)/t13-,15+/m1/s1. The predicted octanol–water partition coefficient (Wildman–Crippen LogP) is 2.16. The number of hydrogen-bond donors (Lipinski definition) is 2. The van der Waals surface area contributed by atoms with Crippen molar-refractivity contribution in [1.82, 2.24) is 20.7 Å². The van der Waals surface area contributed by atoms with Gasteiger partial charge in [-0.3, -0.25) is 5.10 Å². The van der Waals surface area contributed by atoms with E-state index in [1.165, 1.54) is 17.5 Å². The van der Waals surface area contributed by atoms with Crippen LogP contribution in [0.4, 0.5) is 0 Å². The lowest BCUT2D eigenvalue weighted by molar-refractivity contribution is 0.0561. The molecule has 100 valence electrons. The molecule has 2 aliphatic rings. The third kappa shape index (κ3) is 1.27. The predicted molar refractivity (Wildman–Crippen MR) is 75.1 cm³/mol. The number of rotatable bonds is 0. The maximum Gasteiger partial charge on any atom is 0.113 e. The van der Waals surface area contributed by atoms with Crippen LogP contribution in [-0.4, -0.2) is 28.0 Å². The van der Waals surface area contributed by atoms with Gasteiger partial charge in [0, 0.05) is 11.5 Å². The molecule has 1 aliphatic carbocycles. The van der Waals surface area contributed by atoms with Crippen LogP contribution in [-0.2, 0) is 11.8 Å². The Labute approximate surface area is 113 Å². The summed E-state index contributed by atoms with van der Waals surface area (Å²) in [6.45, 7) is 8.35. The zero-order valence-corrected chi connectivity index (χ0v) is 11.7. The molecule has 0 amide bonds. The fraction of sp³-hybridized carbons (Fsp3) is 0.600. The van der Waals surface area contributed by atoms with Crippen LogP contribution in [0.25, 0.3) is 11.0 Å². The molecule has 2 N–H and O–H groups in total. The largest absolute Gasteiger partial charge is 0.313 e. The minimum Gasteiger partial charge on any atom is -0.313 e. The fourth-order valence-corrected chi connectivity index (χ4v) is 4.11. The van der Waals surface area contributed by atoms with Crippen molar-refractivity contribution >= 4 is 11.0 Å². The van der Waals surface area contributed by atoms with Gasteiger partial charge in [0.15, 0.2) is 0 Å². The van der Waals surface area contributed by atoms with E-state index in [-0.39, 0.29) is 10.8 Å². The zero-order chi connectivity index (χ0) is 13.3. The molecular formula is C15H20N4. The summed E-state index contributed by atoms with van der Waals surface area (Å²) >= 11 is 0. The van der Waals surface area contributed by atoms with Gasteiger partial charge >= 0.3 is 0 Å². The number of aromatic amines is 1. The number of nitrogens with one attached hydrogen (secondary N) is 2. The van der Waals surface area contributed by atoms with Gasteiger partial charge in [-0.05, 0) is 48.1 Å². The fourth-order valence-electron chi connectivity index (χ4n) is 4.11. The average molecular weight is 256 g/mol. The minimum atomic E-state index is 0.232. The summed E-state index contributed by atoms with van der Waals surface area (Å²) < 4.78 is 0. The number of aromatic nitrogens is 3. The van der Waals surface area contributed by atoms with Crippen molar-refractivity contribution in [2.75, 3.05) is 6.54 Å². The van der Waals surface area contributed by atoms with Crippen LogP contribution in [0.2, 0.25) is 0 Å². The second-order valence-corrected chi connectivity index (χ2v) is 6.85. The van der Waals surface area contributed by atoms with E-state index < -0.39 is 0 Å². The average Bonchev–Trinajstić information content (AvgIpc) is 2.79. The van der Waals surface area contributed by atoms with E-state index in [1.807, 2.05) is 0 Å². The Morgan fingerprint density at radius 2 is 2.11 bits per heavy atom. The summed E-state index contributed by atoms with van der Waals surface area (Å²) in [4.78, 5) is 0. The number of fused-ring (bicyclic) bond motifs is 5. The highest BCUT2D eigenvalue weighted by molar-refractivity contribution is 5.76. The third-order valence-electron chi connectivity index (χ3n) is 5.88. The molecule has 19 heavy (non-hydrogen) atoms. The summed E-state index contributed by atoms with van der Waals surface area (Å²) in [5.41, 5.74) is 5.50. The molecule has 4 nitrogen and oxygen atoms in total. The first-order chi connectivity index (χ1) is 9.02. The molecule has 2 heterocycles. The summed E-state index contributed by atoms with van der Waals surface area (Å²) in [6, 6.07) is 5.07. The van der Waals surface area contributed by atoms with Crippen LogP contribution < -0.4 is 5.32 Å². The molecule has 1 aromatic carbocycles. The van der Waals surface area contributed by atoms with Gasteiger partial charge in [0.05, 0.1) is 5.52 Å². The van der Waals surface area contributed by atoms with Crippen LogP contribution in [0, 0.1) is 5.41 Å². The molecule has 1 fully saturated rings. The lowest BCUT2D eigenvalue weighted by Crippen LogP contribution is -2.62. The zero-order valence-electron chi connectivity index (χ0n) is 11.7. The summed E-state index contributed by atoms with van der Waals surface area (Å²) in [7, 11) is 0. The Morgan fingerprint density at radius 1 is 1.26 bits per heavy atom. The quantitative estimate of drug-likeness (QED) is 0.759. The van der Waals surface area contributed by atoms with Crippen molar-refractivity contribution in [2.45, 2.75) is 45.1 Å². The SMILES string of the molecule is CC1(C)[C@H]2Cc3cc4nn[nH]c4cc3[C@]1(C)CCN2. The van der Waals surface area contributed by atoms with E-state index in [0.717, 1.165) is 24.0 Å². The van der Waals surface area contributed by atoms with Gasteiger partial charge in [-0.2, -0.15) is 0 Å². The summed E-state index contributed by atoms with van der Waals surface area (Å²) in [6.07, 6.45) is 2.29. The lowest BCUT2D eigenvalue weighted by atomic mass is 9.51. The normalized spacial score (nSPS) is 32.3. The highest BCUT2D eigenvalue weighted by Gasteiger charge is 2.53. The van der Waals surface area contributed by atoms with E-state index in [2.05, 4.69) is 53.6 Å². The third-order valence-corrected chi connectivity index (χ3v) is 5.88. The van der Waals surface area contributed by atoms with Gasteiger partial charge in [0.2, 0.25) is 0 Å². The molecule has 0 radical (unpaired) electrons. The molecule has 0 unspecified atom stereocenters. The van der Waals surface area contributed by atoms with Crippen molar-refractivity contribution in [3.63, 3.8) is 0 Å². The Bertz CT molecular complexity index is 657. The molecule has 4 rings (SSSR count). The first-order valence-electron chi connectivity index (χ1n) is 7.10. The maximum absolute atomic E-state index is 4.15. The molecular weight excluding hydrogens is 236 g/mol. The van der Waals surface area contributed by atoms with Gasteiger partial charge < -0.3 is 5.32 Å². The van der Waals surface area contributed by atoms with Gasteiger partial charge in [-0.25, -0.2) is 0 Å². The van der Waals surface area contributed by atoms with Gasteiger partial charge in [-0.15, -0.1) is 5.10 Å². The Balaban J connectivity index is 2.02. The van der Waals surface area contributed by atoms with Crippen molar-refractivity contribution < 1.29 is 0 Å². The number of nitrogens with zero attached hydrogens (tertiary/aromatic N) is 2. The van der Waals surface area contributed by atoms with E-state index >= 15 is 0 Å². The maximum atomic E-state index is 4.15. The van der Waals surface area contributed by atoms with Crippen molar-refractivity contribution in [1.29, 1.82) is 0 Å². The molecule has 2 atom stereocenters. The second kappa shape index (κ2) is 3.37. The molecule has 0 saturated carbocycles. The first-order valence-corrected chi connectivity index (χ1v) is 7.10. The van der Waals surface area contributed by atoms with E-state index in [1.54, 1.807) is 0 Å². The molecule has 1 aromatic heterocycles. The van der Waals surface area contributed by atoms with Crippen molar-refractivity contribution in [3.8, 4) is 0 Å². The molecule has 2 aromatic rings. The van der Waals surface area contributed by atoms with Gasteiger partial charge in [0.25, 0.3) is 0 Å². The molecule has 4 heteroatoms. The van der Waals surface area contributed by atoms with E-state index in [4.69, 9.17) is 0 Å². The monoisotopic (exact) mass is 256 g/mol. The number of piperidine rings is 1. The summed E-state index contributed by atoms with van der Waals surface area (Å²) in [5, 5.41) is 14.8. The minimum absolute atomic E-state index is 0.232. The van der Waals surface area contributed by atoms with E-state index in [0.29, 0.717) is 6.04 Å². The molecule has 0 spiro atoms. The van der Waals surface area contributed by atoms with Crippen molar-refractivity contribution in [2.24, 2.45) is 5.41 Å². The van der Waals surface area contributed by atoms with Crippen LogP contribution in [0.3, 0.4) is 0 Å². The van der Waals surface area contributed by atoms with E-state index in [9.17, 15) is 0 Å². The van der Waals surface area contributed by atoms with Gasteiger partial charge in [0.1, 0.15) is 5.52 Å². The highest BCUT2D eigenvalue weighted by atomic mass is 15.3. The lowest BCUT2D eigenvalue weighted by Gasteiger charge is -2.57. The number of hydrogen-bond acceptors (Lipinski definition) is 3. The molecule has 1 aliphatic heterocycles. The van der Waals surface area contributed by atoms with Crippen LogP contribution >= 0.6 is 0 Å². The van der Waals surface area contributed by atoms with Crippen LogP contribution in [0.1, 0.15) is 38.3 Å². The second-order valence-electron chi connectivity index (χ2n) is 6.85. The summed E-state index contributed by atoms with van der Waals surface area (Å²) in [5.74, 6) is 0. The molecule has 2 bridgehead atoms. The topological polar surface area (TPSA) is 53.6 Å². The Hall–Kier alpha value is -1.42. The highest BCUT2D eigenvalue weighted by Crippen LogP contribution is 2.53. The number of H-pyrrole nitrogens is 1. The Morgan fingerprint density at radius 3 is 2.95 bits per heavy atom. The van der Waals surface area contributed by atoms with Crippen LogP contribution in [0.15, 0.2) is 12.1 Å².